The lowest BCUT2D eigenvalue weighted by Gasteiger charge is -2.04. The Morgan fingerprint density at radius 1 is 1.53 bits per heavy atom. The van der Waals surface area contributed by atoms with Gasteiger partial charge in [0.2, 0.25) is 11.8 Å². The van der Waals surface area contributed by atoms with Gasteiger partial charge in [0.1, 0.15) is 0 Å². The predicted octanol–water partition coefficient (Wildman–Crippen LogP) is 1.29. The zero-order valence-corrected chi connectivity index (χ0v) is 11.0. The number of ether oxygens (including phenoxy) is 1. The molecule has 2 N–H and O–H groups in total. The van der Waals surface area contributed by atoms with E-state index in [2.05, 4.69) is 20.3 Å². The predicted molar refractivity (Wildman–Crippen MR) is 69.9 cm³/mol. The molecule has 2 rings (SSSR count). The molecular weight excluding hydrogens is 268 g/mol. The Kier molecular flexibility index (Phi) is 4.24. The molecule has 0 unspecified atom stereocenters. The fourth-order valence-electron chi connectivity index (χ4n) is 1.35. The van der Waals surface area contributed by atoms with Crippen LogP contribution in [0.5, 0.6) is 5.88 Å². The molecule has 0 atom stereocenters. The smallest absolute Gasteiger partial charge is 0.355 e. The molecule has 0 amide bonds. The van der Waals surface area contributed by atoms with Crippen LogP contribution in [-0.4, -0.2) is 39.7 Å². The number of anilines is 1. The average molecular weight is 280 g/mol. The zero-order valence-electron chi connectivity index (χ0n) is 10.2. The molecular formula is C11H12N4O3S. The first-order valence-corrected chi connectivity index (χ1v) is 6.35. The molecule has 0 bridgehead atoms. The number of carboxylic acids is 1. The number of nitrogens with zero attached hydrogens (tertiary/aromatic N) is 3. The third-order valence-corrected chi connectivity index (χ3v) is 3.14. The van der Waals surface area contributed by atoms with Gasteiger partial charge in [0, 0.05) is 30.6 Å². The highest BCUT2D eigenvalue weighted by Gasteiger charge is 2.08. The normalized spacial score (nSPS) is 10.2. The van der Waals surface area contributed by atoms with Crippen LogP contribution in [0.4, 0.5) is 5.95 Å². The number of nitrogens with one attached hydrogen (secondary N) is 1. The Bertz CT molecular complexity index is 573. The second kappa shape index (κ2) is 6.10. The summed E-state index contributed by atoms with van der Waals surface area (Å²) in [6, 6.07) is 1.66. The Morgan fingerprint density at radius 3 is 3.05 bits per heavy atom. The molecule has 7 nitrogen and oxygen atoms in total. The second-order valence-electron chi connectivity index (χ2n) is 3.53. The van der Waals surface area contributed by atoms with Gasteiger partial charge in [0.05, 0.1) is 12.1 Å². The maximum Gasteiger partial charge on any atom is 0.355 e. The van der Waals surface area contributed by atoms with Gasteiger partial charge in [-0.15, -0.1) is 11.3 Å². The van der Waals surface area contributed by atoms with Crippen molar-refractivity contribution in [2.45, 2.75) is 6.42 Å². The first-order valence-electron chi connectivity index (χ1n) is 5.47. The number of thiazole rings is 1. The molecule has 0 radical (unpaired) electrons. The van der Waals surface area contributed by atoms with Gasteiger partial charge in [0.25, 0.3) is 0 Å². The minimum atomic E-state index is -1.01. The summed E-state index contributed by atoms with van der Waals surface area (Å²) in [4.78, 5) is 22.8. The van der Waals surface area contributed by atoms with Gasteiger partial charge in [-0.05, 0) is 0 Å². The summed E-state index contributed by atoms with van der Waals surface area (Å²) < 4.78 is 4.98. The van der Waals surface area contributed by atoms with Crippen LogP contribution >= 0.6 is 11.3 Å². The Labute approximate surface area is 113 Å². The largest absolute Gasteiger partial charge is 0.481 e. The van der Waals surface area contributed by atoms with Crippen molar-refractivity contribution in [3.05, 3.63) is 28.3 Å². The highest BCUT2D eigenvalue weighted by Crippen LogP contribution is 2.11. The van der Waals surface area contributed by atoms with Crippen LogP contribution < -0.4 is 10.1 Å². The third-order valence-electron chi connectivity index (χ3n) is 2.23. The summed E-state index contributed by atoms with van der Waals surface area (Å²) in [7, 11) is 1.54. The van der Waals surface area contributed by atoms with Crippen LogP contribution in [0.15, 0.2) is 17.6 Å². The molecule has 0 aliphatic carbocycles. The van der Waals surface area contributed by atoms with Crippen molar-refractivity contribution >= 4 is 23.3 Å². The molecule has 8 heteroatoms. The highest BCUT2D eigenvalue weighted by atomic mass is 32.1. The standard InChI is InChI=1S/C11H12N4O3S/c1-18-8-2-4-12-11(15-8)13-5-3-9-14-7(6-19-9)10(16)17/h2,4,6H,3,5H2,1H3,(H,16,17)(H,12,13,15). The van der Waals surface area contributed by atoms with Crippen molar-refractivity contribution < 1.29 is 14.6 Å². The van der Waals surface area contributed by atoms with Gasteiger partial charge < -0.3 is 15.2 Å². The summed E-state index contributed by atoms with van der Waals surface area (Å²) in [5.74, 6) is -0.0548. The minimum absolute atomic E-state index is 0.0811. The van der Waals surface area contributed by atoms with Crippen molar-refractivity contribution in [2.24, 2.45) is 0 Å². The minimum Gasteiger partial charge on any atom is -0.481 e. The van der Waals surface area contributed by atoms with E-state index >= 15 is 0 Å². The summed E-state index contributed by atoms with van der Waals surface area (Å²) >= 11 is 1.32. The van der Waals surface area contributed by atoms with Gasteiger partial charge in [-0.2, -0.15) is 4.98 Å². The monoisotopic (exact) mass is 280 g/mol. The third kappa shape index (κ3) is 3.62. The number of hydrogen-bond donors (Lipinski definition) is 2. The fraction of sp³-hybridized carbons (Fsp3) is 0.273. The van der Waals surface area contributed by atoms with Crippen LogP contribution in [-0.2, 0) is 6.42 Å². The highest BCUT2D eigenvalue weighted by molar-refractivity contribution is 7.09. The molecule has 2 aromatic heterocycles. The van der Waals surface area contributed by atoms with Crippen LogP contribution in [0.2, 0.25) is 0 Å². The van der Waals surface area contributed by atoms with E-state index in [0.29, 0.717) is 24.8 Å². The maximum absolute atomic E-state index is 10.7. The van der Waals surface area contributed by atoms with E-state index in [1.807, 2.05) is 0 Å². The maximum atomic E-state index is 10.7. The molecule has 0 saturated carbocycles. The van der Waals surface area contributed by atoms with Crippen LogP contribution in [0.3, 0.4) is 0 Å². The summed E-state index contributed by atoms with van der Waals surface area (Å²) in [6.07, 6.45) is 2.21. The van der Waals surface area contributed by atoms with E-state index in [-0.39, 0.29) is 5.69 Å². The molecule has 0 spiro atoms. The molecule has 2 aromatic rings. The molecule has 0 aliphatic rings. The molecule has 2 heterocycles. The first kappa shape index (κ1) is 13.2. The number of rotatable bonds is 6. The van der Waals surface area contributed by atoms with Gasteiger partial charge in [-0.1, -0.05) is 0 Å². The average Bonchev–Trinajstić information content (AvgIpc) is 2.88. The number of hydrogen-bond acceptors (Lipinski definition) is 7. The van der Waals surface area contributed by atoms with Gasteiger partial charge in [-0.3, -0.25) is 0 Å². The summed E-state index contributed by atoms with van der Waals surface area (Å²) in [5.41, 5.74) is 0.0811. The first-order chi connectivity index (χ1) is 9.19. The van der Waals surface area contributed by atoms with Gasteiger partial charge in [0.15, 0.2) is 5.69 Å². The molecule has 0 aliphatic heterocycles. The second-order valence-corrected chi connectivity index (χ2v) is 4.47. The molecule has 0 aromatic carbocycles. The lowest BCUT2D eigenvalue weighted by atomic mass is 10.4. The topological polar surface area (TPSA) is 97.2 Å². The van der Waals surface area contributed by atoms with E-state index in [0.717, 1.165) is 5.01 Å². The number of carbonyl (C=O) groups is 1. The SMILES string of the molecule is COc1ccnc(NCCc2nc(C(=O)O)cs2)n1. The number of carboxylic acid groups (broad SMARTS) is 1. The van der Waals surface area contributed by atoms with E-state index in [1.54, 1.807) is 12.3 Å². The lowest BCUT2D eigenvalue weighted by Crippen LogP contribution is -2.08. The van der Waals surface area contributed by atoms with Crippen LogP contribution in [0, 0.1) is 0 Å². The van der Waals surface area contributed by atoms with Crippen molar-refractivity contribution in [3.8, 4) is 5.88 Å². The Morgan fingerprint density at radius 2 is 2.37 bits per heavy atom. The Balaban J connectivity index is 1.86. The fourth-order valence-corrected chi connectivity index (χ4v) is 2.12. The molecule has 0 fully saturated rings. The molecule has 0 saturated heterocycles. The number of aromatic nitrogens is 3. The van der Waals surface area contributed by atoms with E-state index in [9.17, 15) is 4.79 Å². The van der Waals surface area contributed by atoms with Crippen molar-refractivity contribution in [1.82, 2.24) is 15.0 Å². The van der Waals surface area contributed by atoms with E-state index < -0.39 is 5.97 Å². The summed E-state index contributed by atoms with van der Waals surface area (Å²) in [6.45, 7) is 0.569. The van der Waals surface area contributed by atoms with Gasteiger partial charge in [-0.25, -0.2) is 14.8 Å². The van der Waals surface area contributed by atoms with Crippen LogP contribution in [0.1, 0.15) is 15.5 Å². The molecule has 19 heavy (non-hydrogen) atoms. The van der Waals surface area contributed by atoms with Crippen LogP contribution in [0.25, 0.3) is 0 Å². The lowest BCUT2D eigenvalue weighted by molar-refractivity contribution is 0.0691. The van der Waals surface area contributed by atoms with Gasteiger partial charge >= 0.3 is 5.97 Å². The van der Waals surface area contributed by atoms with Crippen molar-refractivity contribution in [2.75, 3.05) is 19.0 Å². The van der Waals surface area contributed by atoms with E-state index in [1.165, 1.54) is 23.8 Å². The Hall–Kier alpha value is -2.22. The summed E-state index contributed by atoms with van der Waals surface area (Å²) in [5, 5.41) is 14.1. The number of methoxy groups -OCH3 is 1. The van der Waals surface area contributed by atoms with Crippen molar-refractivity contribution in [3.63, 3.8) is 0 Å². The number of aromatic carboxylic acids is 1. The van der Waals surface area contributed by atoms with E-state index in [4.69, 9.17) is 9.84 Å². The quantitative estimate of drug-likeness (QED) is 0.822. The van der Waals surface area contributed by atoms with Crippen molar-refractivity contribution in [1.29, 1.82) is 0 Å². The molecule has 100 valence electrons. The zero-order chi connectivity index (χ0) is 13.7.